The number of hydrazone groups is 1. The summed E-state index contributed by atoms with van der Waals surface area (Å²) in [5.74, 6) is -3.70. The standard InChI is InChI=1S/C23H27F2N7O8S3/c24-23(25)18(35)15(12-33)40-19(23)32-5-3-16(29-21(32)36)30-22(37)39-7-9-43-42-8-6-38-17(34)10-13-2-1-4-27-14(13)11-28-31-20(26)41/h1-5,11,15,18-19,33,35H,6-10,12H2,(H3,26,31,41)(H,29,30,36,37)/b28-11+. The van der Waals surface area contributed by atoms with E-state index in [4.69, 9.17) is 25.1 Å². The van der Waals surface area contributed by atoms with E-state index in [-0.39, 0.29) is 30.6 Å². The largest absolute Gasteiger partial charge is 0.465 e. The van der Waals surface area contributed by atoms with Gasteiger partial charge < -0.3 is 30.2 Å². The van der Waals surface area contributed by atoms with Crippen molar-refractivity contribution in [1.82, 2.24) is 20.0 Å². The number of anilines is 1. The molecule has 43 heavy (non-hydrogen) atoms. The van der Waals surface area contributed by atoms with Crippen LogP contribution in [0.3, 0.4) is 0 Å². The van der Waals surface area contributed by atoms with Crippen molar-refractivity contribution in [3.05, 3.63) is 52.3 Å². The molecule has 234 valence electrons. The molecule has 3 atom stereocenters. The van der Waals surface area contributed by atoms with Crippen molar-refractivity contribution in [3.8, 4) is 0 Å². The molecule has 20 heteroatoms. The number of esters is 1. The highest BCUT2D eigenvalue weighted by atomic mass is 33.1. The van der Waals surface area contributed by atoms with Gasteiger partial charge in [0.15, 0.2) is 11.2 Å². The Morgan fingerprint density at radius 3 is 2.65 bits per heavy atom. The number of carbonyl (C=O) groups excluding carboxylic acids is 2. The Bertz CT molecular complexity index is 1370. The van der Waals surface area contributed by atoms with E-state index < -0.39 is 48.7 Å². The Labute approximate surface area is 256 Å². The van der Waals surface area contributed by atoms with Gasteiger partial charge >= 0.3 is 23.7 Å². The summed E-state index contributed by atoms with van der Waals surface area (Å²) in [6.07, 6.45) is -3.17. The third-order valence-corrected chi connectivity index (χ3v) is 7.83. The summed E-state index contributed by atoms with van der Waals surface area (Å²) in [5, 5.41) is 24.7. The SMILES string of the molecule is NC(=S)N/N=C/c1ncccc1CC(=O)OCCSSCCOC(=O)Nc1ccn(C2OC(CO)C(O)C2(F)F)c(=O)n1. The zero-order valence-electron chi connectivity index (χ0n) is 22.1. The molecular weight excluding hydrogens is 636 g/mol. The predicted octanol–water partition coefficient (Wildman–Crippen LogP) is 0.407. The monoisotopic (exact) mass is 663 g/mol. The van der Waals surface area contributed by atoms with Gasteiger partial charge in [-0.1, -0.05) is 27.7 Å². The summed E-state index contributed by atoms with van der Waals surface area (Å²) in [7, 11) is 2.75. The molecule has 3 heterocycles. The van der Waals surface area contributed by atoms with Crippen molar-refractivity contribution in [3.63, 3.8) is 0 Å². The predicted molar refractivity (Wildman–Crippen MR) is 157 cm³/mol. The molecular formula is C23H27F2N7O8S3. The van der Waals surface area contributed by atoms with Gasteiger partial charge in [0.1, 0.15) is 25.1 Å². The third kappa shape index (κ3) is 10.1. The van der Waals surface area contributed by atoms with Crippen LogP contribution < -0.4 is 22.2 Å². The second-order valence-corrected chi connectivity index (χ2v) is 11.6. The van der Waals surface area contributed by atoms with Crippen LogP contribution in [-0.4, -0.2) is 97.6 Å². The normalized spacial score (nSPS) is 19.2. The van der Waals surface area contributed by atoms with Gasteiger partial charge in [-0.15, -0.1) is 0 Å². The smallest absolute Gasteiger partial charge is 0.412 e. The molecule has 2 aromatic rings. The van der Waals surface area contributed by atoms with Crippen LogP contribution in [0.25, 0.3) is 0 Å². The molecule has 3 unspecified atom stereocenters. The lowest BCUT2D eigenvalue weighted by molar-refractivity contribution is -0.142. The summed E-state index contributed by atoms with van der Waals surface area (Å²) in [6, 6.07) is 4.47. The minimum Gasteiger partial charge on any atom is -0.465 e. The van der Waals surface area contributed by atoms with Crippen LogP contribution >= 0.6 is 33.8 Å². The highest BCUT2D eigenvalue weighted by molar-refractivity contribution is 8.76. The summed E-state index contributed by atoms with van der Waals surface area (Å²) >= 11 is 4.66. The maximum Gasteiger partial charge on any atom is 0.412 e. The summed E-state index contributed by atoms with van der Waals surface area (Å²) < 4.78 is 44.1. The number of amides is 1. The van der Waals surface area contributed by atoms with Crippen molar-refractivity contribution >= 4 is 63.0 Å². The second-order valence-electron chi connectivity index (χ2n) is 8.42. The van der Waals surface area contributed by atoms with Crippen LogP contribution in [0.1, 0.15) is 17.5 Å². The number of halogens is 2. The summed E-state index contributed by atoms with van der Waals surface area (Å²) in [6.45, 7) is -0.724. The zero-order valence-corrected chi connectivity index (χ0v) is 24.6. The number of nitrogens with one attached hydrogen (secondary N) is 2. The molecule has 15 nitrogen and oxygen atoms in total. The molecule has 1 amide bonds. The van der Waals surface area contributed by atoms with Crippen molar-refractivity contribution in [1.29, 1.82) is 0 Å². The number of pyridine rings is 1. The molecule has 6 N–H and O–H groups in total. The van der Waals surface area contributed by atoms with Crippen LogP contribution in [0.2, 0.25) is 0 Å². The number of nitrogens with zero attached hydrogens (tertiary/aromatic N) is 4. The maximum absolute atomic E-state index is 14.3. The molecule has 0 saturated carbocycles. The minimum absolute atomic E-state index is 0.00198. The number of carbonyl (C=O) groups is 2. The minimum atomic E-state index is -3.86. The highest BCUT2D eigenvalue weighted by Crippen LogP contribution is 2.42. The van der Waals surface area contributed by atoms with E-state index in [0.29, 0.717) is 27.3 Å². The fourth-order valence-corrected chi connectivity index (χ4v) is 5.18. The molecule has 0 aliphatic carbocycles. The van der Waals surface area contributed by atoms with Gasteiger partial charge in [0, 0.05) is 23.9 Å². The maximum atomic E-state index is 14.3. The van der Waals surface area contributed by atoms with Crippen molar-refractivity contribution < 1.29 is 42.8 Å². The third-order valence-electron chi connectivity index (χ3n) is 5.41. The topological polar surface area (TPSA) is 213 Å². The van der Waals surface area contributed by atoms with Gasteiger partial charge in [0.05, 0.1) is 24.9 Å². The molecule has 3 rings (SSSR count). The molecule has 2 aromatic heterocycles. The Balaban J connectivity index is 1.31. The molecule has 1 aliphatic heterocycles. The Kier molecular flexibility index (Phi) is 13.0. The number of hydrogen-bond acceptors (Lipinski definition) is 14. The van der Waals surface area contributed by atoms with E-state index in [0.717, 1.165) is 12.3 Å². The first-order valence-electron chi connectivity index (χ1n) is 12.3. The summed E-state index contributed by atoms with van der Waals surface area (Å²) in [4.78, 5) is 44.0. The lowest BCUT2D eigenvalue weighted by Crippen LogP contribution is -2.41. The van der Waals surface area contributed by atoms with E-state index >= 15 is 0 Å². The number of thiocarbonyl (C=S) groups is 1. The molecule has 1 aliphatic rings. The molecule has 0 radical (unpaired) electrons. The first-order chi connectivity index (χ1) is 20.5. The number of ether oxygens (including phenoxy) is 3. The Morgan fingerprint density at radius 1 is 1.28 bits per heavy atom. The average molecular weight is 664 g/mol. The number of aliphatic hydroxyl groups is 2. The van der Waals surface area contributed by atoms with E-state index in [9.17, 15) is 28.3 Å². The van der Waals surface area contributed by atoms with E-state index in [2.05, 4.69) is 38.0 Å². The van der Waals surface area contributed by atoms with Gasteiger partial charge in [-0.2, -0.15) is 18.9 Å². The van der Waals surface area contributed by atoms with E-state index in [1.807, 2.05) is 0 Å². The van der Waals surface area contributed by atoms with Crippen LogP contribution in [0.15, 0.2) is 40.5 Å². The number of hydrogen-bond donors (Lipinski definition) is 5. The number of rotatable bonds is 14. The first kappa shape index (κ1) is 34.1. The number of aliphatic hydroxyl groups excluding tert-OH is 2. The Hall–Kier alpha value is -3.43. The lowest BCUT2D eigenvalue weighted by atomic mass is 10.1. The lowest BCUT2D eigenvalue weighted by Gasteiger charge is -2.21. The van der Waals surface area contributed by atoms with Crippen molar-refractivity contribution in [2.45, 2.75) is 30.8 Å². The van der Waals surface area contributed by atoms with Crippen molar-refractivity contribution in [2.24, 2.45) is 10.8 Å². The van der Waals surface area contributed by atoms with Gasteiger partial charge in [0.2, 0.25) is 6.23 Å². The number of aromatic nitrogens is 3. The quantitative estimate of drug-likeness (QED) is 0.0462. The fourth-order valence-electron chi connectivity index (χ4n) is 3.48. The van der Waals surface area contributed by atoms with Crippen molar-refractivity contribution in [2.75, 3.05) is 36.6 Å². The van der Waals surface area contributed by atoms with E-state index in [1.165, 1.54) is 27.8 Å². The molecule has 1 fully saturated rings. The van der Waals surface area contributed by atoms with Crippen LogP contribution in [0.5, 0.6) is 0 Å². The van der Waals surface area contributed by atoms with Gasteiger partial charge in [-0.05, 0) is 29.9 Å². The second kappa shape index (κ2) is 16.4. The fraction of sp³-hybridized carbons (Fsp3) is 0.435. The van der Waals surface area contributed by atoms with Gasteiger partial charge in [0.25, 0.3) is 0 Å². The highest BCUT2D eigenvalue weighted by Gasteiger charge is 2.59. The average Bonchev–Trinajstić information content (AvgIpc) is 3.18. The summed E-state index contributed by atoms with van der Waals surface area (Å²) in [5.41, 5.74) is 7.59. The molecule has 0 spiro atoms. The van der Waals surface area contributed by atoms with Gasteiger partial charge in [-0.25, -0.2) is 9.59 Å². The molecule has 1 saturated heterocycles. The van der Waals surface area contributed by atoms with Crippen LogP contribution in [-0.2, 0) is 25.4 Å². The van der Waals surface area contributed by atoms with Crippen LogP contribution in [0, 0.1) is 0 Å². The van der Waals surface area contributed by atoms with E-state index in [1.54, 1.807) is 18.3 Å². The Morgan fingerprint density at radius 2 is 2.00 bits per heavy atom. The molecule has 0 aromatic carbocycles. The van der Waals surface area contributed by atoms with Gasteiger partial charge in [-0.3, -0.25) is 25.1 Å². The number of nitrogens with two attached hydrogens (primary N) is 1. The van der Waals surface area contributed by atoms with Crippen LogP contribution in [0.4, 0.5) is 19.4 Å². The molecule has 0 bridgehead atoms. The zero-order chi connectivity index (χ0) is 31.4. The first-order valence-corrected chi connectivity index (χ1v) is 15.2. The number of alkyl halides is 2.